The molecule has 0 amide bonds. The summed E-state index contributed by atoms with van der Waals surface area (Å²) in [5, 5.41) is 6.27. The zero-order chi connectivity index (χ0) is 44.4. The SMILES string of the molecule is [2H]c1c([2H])c([2H])c(-c2c([2H])c([2H])c(N(c3ccc(-c4ccc5c(c4)c(-c4ccccc4)c(-c4ccccc4)c4ccccc45)cc3)c3cccc4ccccc34)c([2H])c2[2H])c([2H])c1[2H]. The number of nitrogens with zero attached hydrogens (tertiary/aromatic N) is 1. The molecular weight excluding hydrogens is 663 g/mol. The summed E-state index contributed by atoms with van der Waals surface area (Å²) in [5.74, 6) is 0. The first-order chi connectivity index (χ1) is 31.0. The van der Waals surface area contributed by atoms with Crippen molar-refractivity contribution in [2.75, 3.05) is 4.90 Å². The molecule has 0 aliphatic heterocycles. The molecule has 0 aliphatic carbocycles. The molecule has 1 heteroatoms. The molecule has 0 fully saturated rings. The van der Waals surface area contributed by atoms with Crippen LogP contribution in [0.5, 0.6) is 0 Å². The van der Waals surface area contributed by atoms with Crippen LogP contribution < -0.4 is 4.90 Å². The largest absolute Gasteiger partial charge is 0.310 e. The molecule has 55 heavy (non-hydrogen) atoms. The summed E-state index contributed by atoms with van der Waals surface area (Å²) in [6.45, 7) is 0. The topological polar surface area (TPSA) is 3.24 Å². The zero-order valence-corrected chi connectivity index (χ0v) is 29.6. The van der Waals surface area contributed by atoms with E-state index in [1.165, 1.54) is 5.39 Å². The molecule has 0 heterocycles. The van der Waals surface area contributed by atoms with Crippen LogP contribution in [0, 0.1) is 0 Å². The average Bonchev–Trinajstić information content (AvgIpc) is 3.34. The lowest BCUT2D eigenvalue weighted by molar-refractivity contribution is 1.30. The van der Waals surface area contributed by atoms with Crippen LogP contribution in [0.2, 0.25) is 0 Å². The summed E-state index contributed by atoms with van der Waals surface area (Å²) < 4.78 is 79.2. The highest BCUT2D eigenvalue weighted by molar-refractivity contribution is 6.22. The lowest BCUT2D eigenvalue weighted by Gasteiger charge is -2.27. The van der Waals surface area contributed by atoms with Crippen LogP contribution in [0.25, 0.3) is 76.8 Å². The molecule has 0 aromatic heterocycles. The summed E-state index contributed by atoms with van der Waals surface area (Å²) in [4.78, 5) is 1.71. The second kappa shape index (κ2) is 14.0. The van der Waals surface area contributed by atoms with Gasteiger partial charge in [-0.25, -0.2) is 0 Å². The van der Waals surface area contributed by atoms with Crippen LogP contribution in [-0.4, -0.2) is 0 Å². The van der Waals surface area contributed by atoms with E-state index < -0.39 is 54.4 Å². The zero-order valence-electron chi connectivity index (χ0n) is 38.6. The first kappa shape index (κ1) is 24.2. The van der Waals surface area contributed by atoms with Gasteiger partial charge in [-0.15, -0.1) is 0 Å². The highest BCUT2D eigenvalue weighted by Crippen LogP contribution is 2.46. The van der Waals surface area contributed by atoms with E-state index in [9.17, 15) is 5.48 Å². The molecule has 10 aromatic carbocycles. The summed E-state index contributed by atoms with van der Waals surface area (Å²) >= 11 is 0. The number of rotatable bonds is 7. The first-order valence-corrected chi connectivity index (χ1v) is 18.2. The van der Waals surface area contributed by atoms with Gasteiger partial charge in [0.05, 0.1) is 18.0 Å². The maximum Gasteiger partial charge on any atom is 0.0645 e. The summed E-state index contributed by atoms with van der Waals surface area (Å²) in [6, 6.07) is 52.3. The molecular formula is C54H37N. The van der Waals surface area contributed by atoms with E-state index in [0.29, 0.717) is 11.4 Å². The highest BCUT2D eigenvalue weighted by atomic mass is 15.1. The van der Waals surface area contributed by atoms with E-state index in [1.807, 2.05) is 78.9 Å². The molecule has 0 atom stereocenters. The Morgan fingerprint density at radius 2 is 0.855 bits per heavy atom. The van der Waals surface area contributed by atoms with Gasteiger partial charge in [0.1, 0.15) is 0 Å². The Balaban J connectivity index is 1.17. The molecule has 10 aromatic rings. The monoisotopic (exact) mass is 708 g/mol. The molecule has 0 unspecified atom stereocenters. The Morgan fingerprint density at radius 1 is 0.309 bits per heavy atom. The summed E-state index contributed by atoms with van der Waals surface area (Å²) in [5.41, 5.74) is 6.81. The van der Waals surface area contributed by atoms with Gasteiger partial charge < -0.3 is 4.90 Å². The van der Waals surface area contributed by atoms with E-state index >= 15 is 0 Å². The van der Waals surface area contributed by atoms with Crippen LogP contribution in [-0.2, 0) is 0 Å². The average molecular weight is 709 g/mol. The van der Waals surface area contributed by atoms with Crippen molar-refractivity contribution in [3.05, 3.63) is 224 Å². The molecule has 0 aliphatic rings. The van der Waals surface area contributed by atoms with Crippen molar-refractivity contribution in [3.8, 4) is 44.5 Å². The molecule has 0 saturated carbocycles. The van der Waals surface area contributed by atoms with Gasteiger partial charge in [-0.1, -0.05) is 188 Å². The van der Waals surface area contributed by atoms with E-state index in [0.717, 1.165) is 60.3 Å². The Kier molecular flexibility index (Phi) is 6.14. The fourth-order valence-electron chi connectivity index (χ4n) is 7.69. The minimum absolute atomic E-state index is 0.0475. The van der Waals surface area contributed by atoms with Crippen molar-refractivity contribution in [1.82, 2.24) is 0 Å². The van der Waals surface area contributed by atoms with Crippen molar-refractivity contribution in [2.45, 2.75) is 0 Å². The van der Waals surface area contributed by atoms with Gasteiger partial charge in [-0.3, -0.25) is 0 Å². The van der Waals surface area contributed by atoms with Crippen molar-refractivity contribution >= 4 is 49.4 Å². The van der Waals surface area contributed by atoms with Gasteiger partial charge in [-0.2, -0.15) is 0 Å². The van der Waals surface area contributed by atoms with Gasteiger partial charge in [-0.05, 0) is 108 Å². The number of benzene rings is 10. The molecule has 1 nitrogen and oxygen atoms in total. The normalized spacial score (nSPS) is 13.6. The molecule has 258 valence electrons. The van der Waals surface area contributed by atoms with Crippen molar-refractivity contribution < 1.29 is 12.3 Å². The van der Waals surface area contributed by atoms with Crippen molar-refractivity contribution in [2.24, 2.45) is 0 Å². The third-order valence-corrected chi connectivity index (χ3v) is 10.2. The predicted molar refractivity (Wildman–Crippen MR) is 235 cm³/mol. The van der Waals surface area contributed by atoms with Gasteiger partial charge in [0, 0.05) is 16.8 Å². The Bertz CT molecular complexity index is 3420. The van der Waals surface area contributed by atoms with E-state index in [4.69, 9.17) is 6.85 Å². The molecule has 10 rings (SSSR count). The van der Waals surface area contributed by atoms with Gasteiger partial charge in [0.2, 0.25) is 0 Å². The number of fused-ring (bicyclic) bond motifs is 4. The van der Waals surface area contributed by atoms with Gasteiger partial charge >= 0.3 is 0 Å². The van der Waals surface area contributed by atoms with Crippen LogP contribution in [0.3, 0.4) is 0 Å². The van der Waals surface area contributed by atoms with E-state index in [2.05, 4.69) is 91.0 Å². The lowest BCUT2D eigenvalue weighted by atomic mass is 9.84. The second-order valence-electron chi connectivity index (χ2n) is 13.4. The third-order valence-electron chi connectivity index (χ3n) is 10.2. The standard InChI is InChI=1S/C54H37N/c1-4-15-38(16-5-1)39-27-32-45(33-28-39)55(52-26-14-22-41-17-10-11-23-47(41)52)46-34-29-40(30-35-46)44-31-36-49-48-24-12-13-25-50(48)53(42-18-6-2-7-19-42)54(51(49)37-44)43-20-8-3-9-21-43/h1-37H/i1D,4D,5D,15D,16D,27D,28D,32D,33D. The van der Waals surface area contributed by atoms with Crippen LogP contribution in [0.15, 0.2) is 224 Å². The molecule has 0 bridgehead atoms. The first-order valence-electron chi connectivity index (χ1n) is 22.7. The Hall–Kier alpha value is -7.22. The lowest BCUT2D eigenvalue weighted by Crippen LogP contribution is -2.10. The summed E-state index contributed by atoms with van der Waals surface area (Å²) in [6.07, 6.45) is 0. The van der Waals surface area contributed by atoms with Crippen LogP contribution in [0.4, 0.5) is 17.1 Å². The Labute approximate surface area is 334 Å². The minimum atomic E-state index is -0.623. The molecule has 0 saturated heterocycles. The maximum absolute atomic E-state index is 9.45. The Morgan fingerprint density at radius 3 is 1.56 bits per heavy atom. The third kappa shape index (κ3) is 5.93. The van der Waals surface area contributed by atoms with Crippen molar-refractivity contribution in [1.29, 1.82) is 0 Å². The predicted octanol–water partition coefficient (Wildman–Crippen LogP) is 15.3. The van der Waals surface area contributed by atoms with E-state index in [-0.39, 0.29) is 16.8 Å². The quantitative estimate of drug-likeness (QED) is 0.149. The molecule has 0 radical (unpaired) electrons. The molecule has 0 spiro atoms. The van der Waals surface area contributed by atoms with E-state index in [1.54, 1.807) is 4.90 Å². The second-order valence-corrected chi connectivity index (χ2v) is 13.4. The smallest absolute Gasteiger partial charge is 0.0645 e. The fourth-order valence-corrected chi connectivity index (χ4v) is 7.69. The fraction of sp³-hybridized carbons (Fsp3) is 0. The van der Waals surface area contributed by atoms with Crippen molar-refractivity contribution in [3.63, 3.8) is 0 Å². The number of anilines is 3. The van der Waals surface area contributed by atoms with Gasteiger partial charge in [0.25, 0.3) is 0 Å². The highest BCUT2D eigenvalue weighted by Gasteiger charge is 2.19. The maximum atomic E-state index is 9.45. The summed E-state index contributed by atoms with van der Waals surface area (Å²) in [7, 11) is 0. The number of hydrogen-bond acceptors (Lipinski definition) is 1. The van der Waals surface area contributed by atoms with Crippen LogP contribution in [0.1, 0.15) is 12.3 Å². The molecule has 0 N–H and O–H groups in total. The van der Waals surface area contributed by atoms with Gasteiger partial charge in [0.15, 0.2) is 0 Å². The number of hydrogen-bond donors (Lipinski definition) is 0. The van der Waals surface area contributed by atoms with Crippen LogP contribution >= 0.6 is 0 Å². The minimum Gasteiger partial charge on any atom is -0.310 e.